The summed E-state index contributed by atoms with van der Waals surface area (Å²) in [4.78, 5) is 43.3. The van der Waals surface area contributed by atoms with Crippen molar-refractivity contribution in [3.8, 4) is 11.3 Å². The molecule has 0 spiro atoms. The highest BCUT2D eigenvalue weighted by Crippen LogP contribution is 2.36. The lowest BCUT2D eigenvalue weighted by Crippen LogP contribution is -2.60. The maximum atomic E-state index is 13.1. The van der Waals surface area contributed by atoms with Gasteiger partial charge in [-0.1, -0.05) is 20.8 Å². The van der Waals surface area contributed by atoms with Crippen LogP contribution in [0.1, 0.15) is 63.5 Å². The number of likely N-dealkylation sites (N-methyl/N-ethyl adjacent to an activating group) is 1. The molecule has 220 valence electrons. The predicted octanol–water partition coefficient (Wildman–Crippen LogP) is 4.38. The van der Waals surface area contributed by atoms with Crippen LogP contribution < -0.4 is 0 Å². The highest BCUT2D eigenvalue weighted by Gasteiger charge is 2.43. The van der Waals surface area contributed by atoms with Crippen LogP contribution in [-0.4, -0.2) is 81.9 Å². The van der Waals surface area contributed by atoms with Crippen LogP contribution in [0.4, 0.5) is 4.39 Å². The van der Waals surface area contributed by atoms with E-state index in [1.807, 2.05) is 11.0 Å². The van der Waals surface area contributed by atoms with Crippen molar-refractivity contribution >= 4 is 23.8 Å². The normalized spacial score (nSPS) is 20.5. The second-order valence-electron chi connectivity index (χ2n) is 12.6. The van der Waals surface area contributed by atoms with Gasteiger partial charge in [-0.05, 0) is 69.5 Å². The Morgan fingerprint density at radius 2 is 1.76 bits per heavy atom. The Morgan fingerprint density at radius 3 is 2.32 bits per heavy atom. The molecule has 1 saturated carbocycles. The van der Waals surface area contributed by atoms with E-state index in [9.17, 15) is 18.8 Å². The number of fused-ring (bicyclic) bond motifs is 1. The first-order valence-electron chi connectivity index (χ1n) is 13.9. The second-order valence-corrected chi connectivity index (χ2v) is 12.6. The van der Waals surface area contributed by atoms with Crippen molar-refractivity contribution in [2.75, 3.05) is 33.8 Å². The number of benzene rings is 1. The Morgan fingerprint density at radius 1 is 1.10 bits per heavy atom. The van der Waals surface area contributed by atoms with Crippen LogP contribution in [0.25, 0.3) is 16.9 Å². The first-order chi connectivity index (χ1) is 19.2. The van der Waals surface area contributed by atoms with Gasteiger partial charge in [0, 0.05) is 42.2 Å². The average Bonchev–Trinajstić information content (AvgIpc) is 3.32. The number of rotatable bonds is 4. The number of amides is 1. The number of aromatic nitrogens is 3. The maximum Gasteiger partial charge on any atom is 0.308 e. The Bertz CT molecular complexity index is 1420. The zero-order chi connectivity index (χ0) is 30.1. The van der Waals surface area contributed by atoms with Gasteiger partial charge < -0.3 is 9.64 Å². The van der Waals surface area contributed by atoms with Crippen LogP contribution in [0.15, 0.2) is 36.5 Å². The molecule has 0 bridgehead atoms. The van der Waals surface area contributed by atoms with Gasteiger partial charge in [0.05, 0.1) is 24.9 Å². The van der Waals surface area contributed by atoms with Crippen molar-refractivity contribution in [1.29, 1.82) is 0 Å². The van der Waals surface area contributed by atoms with Crippen molar-refractivity contribution in [1.82, 2.24) is 24.4 Å². The molecule has 0 radical (unpaired) electrons. The molecule has 1 aliphatic carbocycles. The number of hydrogen-bond donors (Lipinski definition) is 0. The number of methoxy groups -OCH3 is 1. The van der Waals surface area contributed by atoms with Crippen LogP contribution in [0.5, 0.6) is 0 Å². The minimum absolute atomic E-state index is 0.0170. The molecule has 41 heavy (non-hydrogen) atoms. The smallest absolute Gasteiger partial charge is 0.308 e. The Hall–Kier alpha value is -3.66. The van der Waals surface area contributed by atoms with Crippen LogP contribution in [0.2, 0.25) is 0 Å². The first-order valence-corrected chi connectivity index (χ1v) is 13.9. The molecule has 0 N–H and O–H groups in total. The van der Waals surface area contributed by atoms with Crippen LogP contribution >= 0.6 is 0 Å². The maximum absolute atomic E-state index is 13.1. The van der Waals surface area contributed by atoms with Gasteiger partial charge in [-0.3, -0.25) is 19.3 Å². The number of imidazole rings is 1. The molecule has 0 unspecified atom stereocenters. The zero-order valence-corrected chi connectivity index (χ0v) is 25.0. The molecule has 10 heteroatoms. The third-order valence-corrected chi connectivity index (χ3v) is 8.16. The summed E-state index contributed by atoms with van der Waals surface area (Å²) in [5.41, 5.74) is 3.39. The van der Waals surface area contributed by atoms with Gasteiger partial charge in [0.25, 0.3) is 0 Å². The summed E-state index contributed by atoms with van der Waals surface area (Å²) in [5, 5.41) is 4.49. The Balaban J connectivity index is 0.000000191. The van der Waals surface area contributed by atoms with Crippen LogP contribution in [-0.2, 0) is 19.7 Å². The fourth-order valence-corrected chi connectivity index (χ4v) is 5.23. The molecule has 3 aromatic rings. The molecule has 9 nitrogen and oxygen atoms in total. The van der Waals surface area contributed by atoms with Crippen molar-refractivity contribution in [2.24, 2.45) is 11.8 Å². The minimum Gasteiger partial charge on any atom is -0.469 e. The fraction of sp³-hybridized carbons (Fsp3) is 0.516. The number of esters is 1. The number of piperazine rings is 1. The standard InChI is InChI=1S/C17H16FN3O.C14H24N2O3/c1-17(2,3)14-8-15(11-4-6-12(18)7-5-11)20-21-9-13(10-22)19-16(14)21;1-14(2)9-16(6-5-15(14)3)12(17)10-7-11(8-10)13(18)19-4/h4-10H,1-3H3;10-11H,5-9H2,1-4H3. The van der Waals surface area contributed by atoms with E-state index in [0.29, 0.717) is 36.2 Å². The lowest BCUT2D eigenvalue weighted by atomic mass is 9.74. The number of carbonyl (C=O) groups is 3. The average molecular weight is 566 g/mol. The molecule has 5 rings (SSSR count). The second kappa shape index (κ2) is 11.7. The van der Waals surface area contributed by atoms with E-state index < -0.39 is 0 Å². The number of ether oxygens (including phenoxy) is 1. The van der Waals surface area contributed by atoms with Gasteiger partial charge in [-0.25, -0.2) is 13.9 Å². The largest absolute Gasteiger partial charge is 0.469 e. The van der Waals surface area contributed by atoms with Gasteiger partial charge in [0.1, 0.15) is 11.5 Å². The highest BCUT2D eigenvalue weighted by molar-refractivity contribution is 5.83. The van der Waals surface area contributed by atoms with E-state index in [2.05, 4.69) is 56.6 Å². The van der Waals surface area contributed by atoms with Gasteiger partial charge in [0.15, 0.2) is 11.9 Å². The van der Waals surface area contributed by atoms with E-state index in [-0.39, 0.29) is 40.5 Å². The molecule has 1 aliphatic heterocycles. The molecular formula is C31H40FN5O4. The van der Waals surface area contributed by atoms with Gasteiger partial charge in [-0.2, -0.15) is 5.10 Å². The summed E-state index contributed by atoms with van der Waals surface area (Å²) in [6.07, 6.45) is 3.61. The van der Waals surface area contributed by atoms with Crippen molar-refractivity contribution in [3.63, 3.8) is 0 Å². The summed E-state index contributed by atoms with van der Waals surface area (Å²) in [6.45, 7) is 13.0. The molecule has 1 amide bonds. The summed E-state index contributed by atoms with van der Waals surface area (Å²) < 4.78 is 19.4. The number of halogens is 1. The van der Waals surface area contributed by atoms with Crippen LogP contribution in [0.3, 0.4) is 0 Å². The quantitative estimate of drug-likeness (QED) is 0.342. The number of hydrogen-bond acceptors (Lipinski definition) is 7. The van der Waals surface area contributed by atoms with E-state index in [1.54, 1.807) is 22.8 Å². The van der Waals surface area contributed by atoms with Gasteiger partial charge >= 0.3 is 5.97 Å². The topological polar surface area (TPSA) is 97.1 Å². The van der Waals surface area contributed by atoms with E-state index >= 15 is 0 Å². The zero-order valence-electron chi connectivity index (χ0n) is 25.0. The lowest BCUT2D eigenvalue weighted by Gasteiger charge is -2.47. The Labute approximate surface area is 240 Å². The number of aldehydes is 1. The molecular weight excluding hydrogens is 525 g/mol. The van der Waals surface area contributed by atoms with Crippen molar-refractivity contribution in [2.45, 2.75) is 58.4 Å². The molecule has 1 aromatic carbocycles. The van der Waals surface area contributed by atoms with Crippen molar-refractivity contribution < 1.29 is 23.5 Å². The molecule has 2 aromatic heterocycles. The third kappa shape index (κ3) is 6.64. The monoisotopic (exact) mass is 565 g/mol. The SMILES string of the molecule is CC(C)(C)c1cc(-c2ccc(F)cc2)nn2cc(C=O)nc12.COC(=O)C1CC(C(=O)N2CCN(C)C(C)(C)C2)C1. The molecule has 3 heterocycles. The fourth-order valence-electron chi connectivity index (χ4n) is 5.23. The summed E-state index contributed by atoms with van der Waals surface area (Å²) >= 11 is 0. The minimum atomic E-state index is -0.285. The predicted molar refractivity (Wildman–Crippen MR) is 154 cm³/mol. The molecule has 2 fully saturated rings. The third-order valence-electron chi connectivity index (χ3n) is 8.16. The van der Waals surface area contributed by atoms with Gasteiger partial charge in [-0.15, -0.1) is 0 Å². The lowest BCUT2D eigenvalue weighted by molar-refractivity contribution is -0.155. The summed E-state index contributed by atoms with van der Waals surface area (Å²) in [6, 6.07) is 8.14. The van der Waals surface area contributed by atoms with Crippen molar-refractivity contribution in [3.05, 3.63) is 53.6 Å². The van der Waals surface area contributed by atoms with E-state index in [1.165, 1.54) is 19.2 Å². The number of nitrogens with zero attached hydrogens (tertiary/aromatic N) is 5. The molecule has 1 saturated heterocycles. The summed E-state index contributed by atoms with van der Waals surface area (Å²) in [7, 11) is 3.50. The van der Waals surface area contributed by atoms with E-state index in [4.69, 9.17) is 4.74 Å². The van der Waals surface area contributed by atoms with E-state index in [0.717, 1.165) is 30.8 Å². The summed E-state index contributed by atoms with van der Waals surface area (Å²) in [5.74, 6) is -0.307. The van der Waals surface area contributed by atoms with Crippen LogP contribution in [0, 0.1) is 17.7 Å². The first kappa shape index (κ1) is 30.3. The molecule has 0 atom stereocenters. The number of carbonyl (C=O) groups excluding carboxylic acids is 3. The molecule has 2 aliphatic rings. The highest BCUT2D eigenvalue weighted by atomic mass is 19.1. The van der Waals surface area contributed by atoms with Gasteiger partial charge in [0.2, 0.25) is 5.91 Å². The Kier molecular flexibility index (Phi) is 8.63.